The fraction of sp³-hybridized carbons (Fsp3) is 0.111. The van der Waals surface area contributed by atoms with E-state index in [1.165, 1.54) is 23.5 Å². The molecule has 1 heterocycles. The van der Waals surface area contributed by atoms with E-state index in [1.54, 1.807) is 29.8 Å². The van der Waals surface area contributed by atoms with Gasteiger partial charge in [-0.2, -0.15) is 4.72 Å². The molecule has 0 aliphatic rings. The first-order valence-electron chi connectivity index (χ1n) is 8.07. The van der Waals surface area contributed by atoms with Crippen molar-refractivity contribution in [2.24, 2.45) is 0 Å². The van der Waals surface area contributed by atoms with Crippen LogP contribution >= 0.6 is 34.5 Å². The Balaban J connectivity index is 1.90. The summed E-state index contributed by atoms with van der Waals surface area (Å²) in [6.45, 7) is 0. The third kappa shape index (κ3) is 5.09. The standard InChI is InChI=1S/C18H15Cl2N3O3S2/c19-13-7-4-8-14(20)16(13)28(25,26)23-15(11-12-5-2-1-3-6-12)17(24)22-18-21-9-10-27-18/h1-10,15,23H,11H2,(H,21,22,24)/t15-/m0/s1. The molecule has 0 saturated carbocycles. The van der Waals surface area contributed by atoms with Crippen LogP contribution in [-0.2, 0) is 21.2 Å². The van der Waals surface area contributed by atoms with Crippen LogP contribution in [-0.4, -0.2) is 25.4 Å². The fourth-order valence-corrected chi connectivity index (χ4v) is 5.37. The highest BCUT2D eigenvalue weighted by Crippen LogP contribution is 2.29. The maximum absolute atomic E-state index is 12.9. The van der Waals surface area contributed by atoms with E-state index in [0.29, 0.717) is 5.13 Å². The molecule has 2 N–H and O–H groups in total. The number of rotatable bonds is 7. The quantitative estimate of drug-likeness (QED) is 0.563. The number of hydrogen-bond donors (Lipinski definition) is 2. The molecule has 0 spiro atoms. The second kappa shape index (κ2) is 9.02. The third-order valence-corrected chi connectivity index (χ3v) is 6.86. The van der Waals surface area contributed by atoms with Crippen LogP contribution in [0.25, 0.3) is 0 Å². The number of carbonyl (C=O) groups excluding carboxylic acids is 1. The first-order valence-corrected chi connectivity index (χ1v) is 11.2. The number of amides is 1. The molecule has 1 atom stereocenters. The highest BCUT2D eigenvalue weighted by atomic mass is 35.5. The monoisotopic (exact) mass is 455 g/mol. The lowest BCUT2D eigenvalue weighted by atomic mass is 10.1. The summed E-state index contributed by atoms with van der Waals surface area (Å²) >= 11 is 13.3. The van der Waals surface area contributed by atoms with Gasteiger partial charge in [-0.15, -0.1) is 11.3 Å². The zero-order chi connectivity index (χ0) is 20.1. The molecule has 146 valence electrons. The van der Waals surface area contributed by atoms with Crippen LogP contribution in [0.4, 0.5) is 5.13 Å². The van der Waals surface area contributed by atoms with Gasteiger partial charge in [0, 0.05) is 11.6 Å². The molecule has 6 nitrogen and oxygen atoms in total. The molecule has 2 aromatic carbocycles. The molecule has 0 aliphatic carbocycles. The van der Waals surface area contributed by atoms with Gasteiger partial charge in [-0.3, -0.25) is 4.79 Å². The smallest absolute Gasteiger partial charge is 0.244 e. The lowest BCUT2D eigenvalue weighted by Crippen LogP contribution is -2.45. The Hall–Kier alpha value is -1.97. The summed E-state index contributed by atoms with van der Waals surface area (Å²) in [5, 5.41) is 4.64. The topological polar surface area (TPSA) is 88.2 Å². The highest BCUT2D eigenvalue weighted by Gasteiger charge is 2.29. The number of hydrogen-bond acceptors (Lipinski definition) is 5. The van der Waals surface area contributed by atoms with Gasteiger partial charge in [0.25, 0.3) is 0 Å². The van der Waals surface area contributed by atoms with E-state index in [4.69, 9.17) is 23.2 Å². The van der Waals surface area contributed by atoms with E-state index < -0.39 is 22.0 Å². The number of anilines is 1. The van der Waals surface area contributed by atoms with E-state index in [9.17, 15) is 13.2 Å². The molecule has 3 rings (SSSR count). The van der Waals surface area contributed by atoms with Crippen molar-refractivity contribution >= 4 is 55.6 Å². The predicted octanol–water partition coefficient (Wildman–Crippen LogP) is 3.98. The molecule has 1 aromatic heterocycles. The van der Waals surface area contributed by atoms with E-state index in [0.717, 1.165) is 5.56 Å². The minimum Gasteiger partial charge on any atom is -0.301 e. The summed E-state index contributed by atoms with van der Waals surface area (Å²) in [7, 11) is -4.16. The molecule has 28 heavy (non-hydrogen) atoms. The minimum absolute atomic E-state index is 0.0289. The van der Waals surface area contributed by atoms with Crippen molar-refractivity contribution in [1.29, 1.82) is 0 Å². The van der Waals surface area contributed by atoms with Gasteiger partial charge in [-0.25, -0.2) is 13.4 Å². The predicted molar refractivity (Wildman–Crippen MR) is 111 cm³/mol. The molecule has 0 radical (unpaired) electrons. The molecule has 3 aromatic rings. The van der Waals surface area contributed by atoms with Crippen molar-refractivity contribution in [2.75, 3.05) is 5.32 Å². The summed E-state index contributed by atoms with van der Waals surface area (Å²) in [4.78, 5) is 16.5. The molecule has 1 amide bonds. The lowest BCUT2D eigenvalue weighted by Gasteiger charge is -2.19. The Morgan fingerprint density at radius 3 is 2.36 bits per heavy atom. The molecule has 0 bridgehead atoms. The van der Waals surface area contributed by atoms with Crippen LogP contribution < -0.4 is 10.0 Å². The highest BCUT2D eigenvalue weighted by molar-refractivity contribution is 7.89. The van der Waals surface area contributed by atoms with Crippen molar-refractivity contribution in [3.8, 4) is 0 Å². The number of carbonyl (C=O) groups is 1. The first-order chi connectivity index (χ1) is 13.4. The summed E-state index contributed by atoms with van der Waals surface area (Å²) in [6, 6.07) is 12.4. The van der Waals surface area contributed by atoms with Gasteiger partial charge in [0.1, 0.15) is 10.9 Å². The average Bonchev–Trinajstić information content (AvgIpc) is 3.14. The molecule has 10 heteroatoms. The maximum Gasteiger partial charge on any atom is 0.244 e. The minimum atomic E-state index is -4.16. The number of nitrogens with one attached hydrogen (secondary N) is 2. The van der Waals surface area contributed by atoms with Gasteiger partial charge in [-0.05, 0) is 24.1 Å². The van der Waals surface area contributed by atoms with Gasteiger partial charge in [0.2, 0.25) is 15.9 Å². The van der Waals surface area contributed by atoms with Crippen LogP contribution in [0.3, 0.4) is 0 Å². The SMILES string of the molecule is O=C(Nc1nccs1)[C@H](Cc1ccccc1)NS(=O)(=O)c1c(Cl)cccc1Cl. The average molecular weight is 456 g/mol. The Bertz CT molecular complexity index is 1040. The van der Waals surface area contributed by atoms with Crippen molar-refractivity contribution in [2.45, 2.75) is 17.4 Å². The van der Waals surface area contributed by atoms with Crippen molar-refractivity contribution in [3.63, 3.8) is 0 Å². The summed E-state index contributed by atoms with van der Waals surface area (Å²) in [5.41, 5.74) is 0.787. The molecule has 0 saturated heterocycles. The van der Waals surface area contributed by atoms with Crippen LogP contribution in [0.1, 0.15) is 5.56 Å². The zero-order valence-electron chi connectivity index (χ0n) is 14.3. The van der Waals surface area contributed by atoms with Gasteiger partial charge in [0.15, 0.2) is 5.13 Å². The molecular weight excluding hydrogens is 441 g/mol. The van der Waals surface area contributed by atoms with Crippen LogP contribution in [0, 0.1) is 0 Å². The number of halogens is 2. The molecule has 0 unspecified atom stereocenters. The van der Waals surface area contributed by atoms with Crippen molar-refractivity contribution in [3.05, 3.63) is 75.7 Å². The number of benzene rings is 2. The maximum atomic E-state index is 12.9. The molecule has 0 aliphatic heterocycles. The largest absolute Gasteiger partial charge is 0.301 e. The normalized spacial score (nSPS) is 12.5. The third-order valence-electron chi connectivity index (χ3n) is 3.75. The zero-order valence-corrected chi connectivity index (χ0v) is 17.4. The van der Waals surface area contributed by atoms with Gasteiger partial charge in [-0.1, -0.05) is 59.6 Å². The van der Waals surface area contributed by atoms with Crippen molar-refractivity contribution in [1.82, 2.24) is 9.71 Å². The van der Waals surface area contributed by atoms with Gasteiger partial charge in [0.05, 0.1) is 10.0 Å². The number of sulfonamides is 1. The Kier molecular flexibility index (Phi) is 6.69. The second-order valence-electron chi connectivity index (χ2n) is 5.74. The van der Waals surface area contributed by atoms with Gasteiger partial charge >= 0.3 is 0 Å². The summed E-state index contributed by atoms with van der Waals surface area (Å²) < 4.78 is 28.2. The van der Waals surface area contributed by atoms with Crippen LogP contribution in [0.15, 0.2) is 65.0 Å². The van der Waals surface area contributed by atoms with E-state index in [1.807, 2.05) is 18.2 Å². The van der Waals surface area contributed by atoms with E-state index >= 15 is 0 Å². The van der Waals surface area contributed by atoms with E-state index in [-0.39, 0.29) is 21.4 Å². The summed E-state index contributed by atoms with van der Waals surface area (Å²) in [6.07, 6.45) is 1.68. The summed E-state index contributed by atoms with van der Waals surface area (Å²) in [5.74, 6) is -0.537. The second-order valence-corrected chi connectivity index (χ2v) is 9.10. The van der Waals surface area contributed by atoms with Crippen LogP contribution in [0.2, 0.25) is 10.0 Å². The first kappa shape index (κ1) is 20.8. The number of aromatic nitrogens is 1. The van der Waals surface area contributed by atoms with E-state index in [2.05, 4.69) is 15.0 Å². The lowest BCUT2D eigenvalue weighted by molar-refractivity contribution is -0.117. The molecular formula is C18H15Cl2N3O3S2. The number of nitrogens with zero attached hydrogens (tertiary/aromatic N) is 1. The fourth-order valence-electron chi connectivity index (χ4n) is 2.50. The Labute approximate surface area is 176 Å². The Morgan fingerprint density at radius 2 is 1.75 bits per heavy atom. The Morgan fingerprint density at radius 1 is 1.07 bits per heavy atom. The number of thiazole rings is 1. The van der Waals surface area contributed by atoms with Crippen molar-refractivity contribution < 1.29 is 13.2 Å². The molecule has 0 fully saturated rings. The van der Waals surface area contributed by atoms with Crippen LogP contribution in [0.5, 0.6) is 0 Å². The van der Waals surface area contributed by atoms with Gasteiger partial charge < -0.3 is 5.32 Å².